The summed E-state index contributed by atoms with van der Waals surface area (Å²) in [4.78, 5) is 6.51. The van der Waals surface area contributed by atoms with Crippen LogP contribution in [-0.4, -0.2) is 28.7 Å². The lowest BCUT2D eigenvalue weighted by Gasteiger charge is -2.21. The number of aryl methyl sites for hydroxylation is 1. The summed E-state index contributed by atoms with van der Waals surface area (Å²) in [6.45, 7) is 2.42. The zero-order chi connectivity index (χ0) is 14.2. The molecule has 5 nitrogen and oxygen atoms in total. The molecule has 0 atom stereocenters. The van der Waals surface area contributed by atoms with Crippen LogP contribution in [0.1, 0.15) is 24.0 Å². The van der Waals surface area contributed by atoms with Gasteiger partial charge < -0.3 is 4.98 Å². The average molecular weight is 291 g/mol. The van der Waals surface area contributed by atoms with Crippen molar-refractivity contribution >= 4 is 10.0 Å². The molecule has 0 radical (unpaired) electrons. The van der Waals surface area contributed by atoms with Crippen LogP contribution in [0.5, 0.6) is 0 Å². The Morgan fingerprint density at radius 2 is 2.20 bits per heavy atom. The Morgan fingerprint density at radius 3 is 2.80 bits per heavy atom. The Bertz CT molecular complexity index is 691. The third-order valence-corrected chi connectivity index (χ3v) is 5.26. The lowest BCUT2D eigenvalue weighted by molar-refractivity contribution is 0.397. The van der Waals surface area contributed by atoms with Gasteiger partial charge in [-0.05, 0) is 25.3 Å². The fourth-order valence-electron chi connectivity index (χ4n) is 2.27. The predicted octanol–water partition coefficient (Wildman–Crippen LogP) is 2.07. The lowest BCUT2D eigenvalue weighted by Crippen LogP contribution is -2.32. The summed E-state index contributed by atoms with van der Waals surface area (Å²) in [6, 6.07) is 8.07. The van der Waals surface area contributed by atoms with Gasteiger partial charge in [-0.2, -0.15) is 4.31 Å². The third kappa shape index (κ3) is 2.62. The molecule has 1 aliphatic carbocycles. The molecule has 6 heteroatoms. The van der Waals surface area contributed by atoms with E-state index < -0.39 is 10.0 Å². The number of aromatic amines is 1. The molecule has 1 heterocycles. The van der Waals surface area contributed by atoms with E-state index in [1.165, 1.54) is 12.5 Å². The molecule has 1 saturated carbocycles. The number of rotatable bonds is 5. The van der Waals surface area contributed by atoms with Gasteiger partial charge in [0.2, 0.25) is 0 Å². The first-order valence-corrected chi connectivity index (χ1v) is 8.07. The van der Waals surface area contributed by atoms with Crippen LogP contribution < -0.4 is 0 Å². The third-order valence-electron chi connectivity index (χ3n) is 3.43. The summed E-state index contributed by atoms with van der Waals surface area (Å²) in [5.41, 5.74) is 2.15. The topological polar surface area (TPSA) is 66.1 Å². The predicted molar refractivity (Wildman–Crippen MR) is 75.5 cm³/mol. The van der Waals surface area contributed by atoms with Crippen molar-refractivity contribution in [2.45, 2.75) is 37.4 Å². The minimum atomic E-state index is -3.49. The first-order chi connectivity index (χ1) is 9.57. The van der Waals surface area contributed by atoms with Gasteiger partial charge in [-0.3, -0.25) is 0 Å². The zero-order valence-electron chi connectivity index (χ0n) is 11.3. The Labute approximate surface area is 118 Å². The van der Waals surface area contributed by atoms with Gasteiger partial charge in [-0.1, -0.05) is 29.8 Å². The number of H-pyrrole nitrogens is 1. The minimum absolute atomic E-state index is 0.115. The average Bonchev–Trinajstić information content (AvgIpc) is 3.08. The SMILES string of the molecule is Cc1cccc(CN(C2CC2)S(=O)(=O)c2cnc[nH]2)c1. The van der Waals surface area contributed by atoms with E-state index in [1.807, 2.05) is 31.2 Å². The standard InChI is InChI=1S/C14H17N3O2S/c1-11-3-2-4-12(7-11)9-17(13-5-6-13)20(18,19)14-8-15-10-16-14/h2-4,7-8,10,13H,5-6,9H2,1H3,(H,15,16). The van der Waals surface area contributed by atoms with Crippen LogP contribution in [0.15, 0.2) is 41.8 Å². The quantitative estimate of drug-likeness (QED) is 0.917. The fourth-order valence-corrected chi connectivity index (χ4v) is 3.84. The first kappa shape index (κ1) is 13.3. The van der Waals surface area contributed by atoms with E-state index in [9.17, 15) is 8.42 Å². The largest absolute Gasteiger partial charge is 0.335 e. The molecule has 1 aromatic carbocycles. The fraction of sp³-hybridized carbons (Fsp3) is 0.357. The van der Waals surface area contributed by atoms with Crippen molar-refractivity contribution in [2.24, 2.45) is 0 Å². The molecule has 1 fully saturated rings. The molecule has 3 rings (SSSR count). The molecule has 1 aromatic heterocycles. The van der Waals surface area contributed by atoms with Gasteiger partial charge in [0, 0.05) is 12.6 Å². The Kier molecular flexibility index (Phi) is 3.35. The molecule has 0 amide bonds. The molecule has 2 aromatic rings. The zero-order valence-corrected chi connectivity index (χ0v) is 12.1. The van der Waals surface area contributed by atoms with E-state index in [2.05, 4.69) is 9.97 Å². The van der Waals surface area contributed by atoms with Crippen molar-refractivity contribution in [3.63, 3.8) is 0 Å². The molecule has 20 heavy (non-hydrogen) atoms. The molecular formula is C14H17N3O2S. The van der Waals surface area contributed by atoms with Crippen molar-refractivity contribution < 1.29 is 8.42 Å². The van der Waals surface area contributed by atoms with E-state index >= 15 is 0 Å². The number of hydrogen-bond acceptors (Lipinski definition) is 3. The number of aromatic nitrogens is 2. The molecule has 0 unspecified atom stereocenters. The second kappa shape index (κ2) is 5.03. The number of benzene rings is 1. The van der Waals surface area contributed by atoms with Gasteiger partial charge in [-0.25, -0.2) is 13.4 Å². The van der Waals surface area contributed by atoms with Crippen molar-refractivity contribution in [1.82, 2.24) is 14.3 Å². The van der Waals surface area contributed by atoms with Gasteiger partial charge in [-0.15, -0.1) is 0 Å². The van der Waals surface area contributed by atoms with Gasteiger partial charge in [0.1, 0.15) is 0 Å². The van der Waals surface area contributed by atoms with Crippen molar-refractivity contribution in [2.75, 3.05) is 0 Å². The summed E-state index contributed by atoms with van der Waals surface area (Å²) in [6.07, 6.45) is 4.62. The summed E-state index contributed by atoms with van der Waals surface area (Å²) in [5, 5.41) is 0.164. The summed E-state index contributed by atoms with van der Waals surface area (Å²) in [7, 11) is -3.49. The number of nitrogens with one attached hydrogen (secondary N) is 1. The van der Waals surface area contributed by atoms with E-state index in [1.54, 1.807) is 4.31 Å². The van der Waals surface area contributed by atoms with Crippen LogP contribution in [-0.2, 0) is 16.6 Å². The van der Waals surface area contributed by atoms with Crippen LogP contribution in [0.2, 0.25) is 0 Å². The Morgan fingerprint density at radius 1 is 1.40 bits per heavy atom. The maximum atomic E-state index is 12.6. The molecular weight excluding hydrogens is 274 g/mol. The summed E-state index contributed by atoms with van der Waals surface area (Å²) in [5.74, 6) is 0. The monoisotopic (exact) mass is 291 g/mol. The first-order valence-electron chi connectivity index (χ1n) is 6.63. The van der Waals surface area contributed by atoms with Crippen LogP contribution in [0.3, 0.4) is 0 Å². The van der Waals surface area contributed by atoms with Crippen LogP contribution >= 0.6 is 0 Å². The smallest absolute Gasteiger partial charge is 0.260 e. The highest BCUT2D eigenvalue weighted by Crippen LogP contribution is 2.33. The number of sulfonamides is 1. The highest BCUT2D eigenvalue weighted by Gasteiger charge is 2.38. The van der Waals surface area contributed by atoms with E-state index in [-0.39, 0.29) is 11.1 Å². The lowest BCUT2D eigenvalue weighted by atomic mass is 10.1. The molecule has 0 saturated heterocycles. The number of imidazole rings is 1. The van der Waals surface area contributed by atoms with Crippen molar-refractivity contribution in [3.8, 4) is 0 Å². The molecule has 106 valence electrons. The summed E-state index contributed by atoms with van der Waals surface area (Å²) >= 11 is 0. The molecule has 0 spiro atoms. The molecule has 0 aliphatic heterocycles. The Hall–Kier alpha value is -1.66. The highest BCUT2D eigenvalue weighted by molar-refractivity contribution is 7.89. The van der Waals surface area contributed by atoms with Gasteiger partial charge >= 0.3 is 0 Å². The number of nitrogens with zero attached hydrogens (tertiary/aromatic N) is 2. The Balaban J connectivity index is 1.90. The van der Waals surface area contributed by atoms with Gasteiger partial charge in [0.05, 0.1) is 12.5 Å². The maximum Gasteiger partial charge on any atom is 0.260 e. The number of hydrogen-bond donors (Lipinski definition) is 1. The van der Waals surface area contributed by atoms with E-state index in [0.29, 0.717) is 6.54 Å². The van der Waals surface area contributed by atoms with Crippen molar-refractivity contribution in [1.29, 1.82) is 0 Å². The van der Waals surface area contributed by atoms with Crippen LogP contribution in [0.25, 0.3) is 0 Å². The normalized spacial score (nSPS) is 15.7. The minimum Gasteiger partial charge on any atom is -0.335 e. The highest BCUT2D eigenvalue weighted by atomic mass is 32.2. The van der Waals surface area contributed by atoms with Gasteiger partial charge in [0.15, 0.2) is 5.03 Å². The summed E-state index contributed by atoms with van der Waals surface area (Å²) < 4.78 is 26.8. The van der Waals surface area contributed by atoms with Crippen LogP contribution in [0.4, 0.5) is 0 Å². The van der Waals surface area contributed by atoms with E-state index in [4.69, 9.17) is 0 Å². The van der Waals surface area contributed by atoms with Gasteiger partial charge in [0.25, 0.3) is 10.0 Å². The maximum absolute atomic E-state index is 12.6. The second-order valence-corrected chi connectivity index (χ2v) is 7.05. The molecule has 1 N–H and O–H groups in total. The second-order valence-electron chi connectivity index (χ2n) is 5.19. The van der Waals surface area contributed by atoms with Crippen molar-refractivity contribution in [3.05, 3.63) is 47.9 Å². The van der Waals surface area contributed by atoms with E-state index in [0.717, 1.165) is 24.0 Å². The molecule has 0 bridgehead atoms. The molecule has 1 aliphatic rings. The van der Waals surface area contributed by atoms with Crippen LogP contribution in [0, 0.1) is 6.92 Å².